The van der Waals surface area contributed by atoms with Crippen molar-refractivity contribution in [2.24, 2.45) is 0 Å². The molecular formula is C24H40O21. The number of carbonyl (C=O) groups is 1. The summed E-state index contributed by atoms with van der Waals surface area (Å²) in [5.41, 5.74) is 0. The molecule has 20 atom stereocenters. The van der Waals surface area contributed by atoms with Gasteiger partial charge in [0.15, 0.2) is 31.3 Å². The van der Waals surface area contributed by atoms with Crippen molar-refractivity contribution in [3.05, 3.63) is 0 Å². The lowest BCUT2D eigenvalue weighted by atomic mass is 9.95. The number of rotatable bonds is 9. The summed E-state index contributed by atoms with van der Waals surface area (Å²) in [7, 11) is 0. The highest BCUT2D eigenvalue weighted by Gasteiger charge is 2.56. The average molecular weight is 665 g/mol. The van der Waals surface area contributed by atoms with E-state index in [1.54, 1.807) is 0 Å². The van der Waals surface area contributed by atoms with Crippen molar-refractivity contribution in [1.29, 1.82) is 0 Å². The van der Waals surface area contributed by atoms with Crippen molar-refractivity contribution in [3.8, 4) is 0 Å². The molecule has 4 fully saturated rings. The van der Waals surface area contributed by atoms with Crippen LogP contribution in [-0.4, -0.2) is 208 Å². The average Bonchev–Trinajstić information content (AvgIpc) is 3.00. The van der Waals surface area contributed by atoms with Gasteiger partial charge in [-0.05, 0) is 6.92 Å². The SMILES string of the molecule is C[C@@H]1O[C@@H](O)[C@@H](O)[C@H](O)[C@@H]1O[C@@H]1O[C@H](C(=O)O)[C@@H](O[C@H]2O[C@H](CO)[C@@H](O[C@@H]3O[C@H](CO)[C@H](O)[C@H](O)[C@H]3O)[C@H](O)[C@H]2O)[C@H](O)[C@H]1O. The molecule has 0 bridgehead atoms. The van der Waals surface area contributed by atoms with Gasteiger partial charge >= 0.3 is 5.97 Å². The molecule has 0 aromatic heterocycles. The second-order valence-electron chi connectivity index (χ2n) is 11.2. The predicted molar refractivity (Wildman–Crippen MR) is 133 cm³/mol. The van der Waals surface area contributed by atoms with Crippen LogP contribution in [-0.2, 0) is 38.0 Å². The first-order chi connectivity index (χ1) is 21.1. The van der Waals surface area contributed by atoms with Crippen LogP contribution < -0.4 is 0 Å². The van der Waals surface area contributed by atoms with Crippen molar-refractivity contribution in [1.82, 2.24) is 0 Å². The third kappa shape index (κ3) is 7.26. The van der Waals surface area contributed by atoms with E-state index in [4.69, 9.17) is 33.2 Å². The zero-order valence-electron chi connectivity index (χ0n) is 23.5. The minimum Gasteiger partial charge on any atom is -0.479 e. The summed E-state index contributed by atoms with van der Waals surface area (Å²) < 4.78 is 37.3. The number of hydrogen-bond acceptors (Lipinski definition) is 20. The normalized spacial score (nSPS) is 52.8. The first-order valence-corrected chi connectivity index (χ1v) is 14.0. The van der Waals surface area contributed by atoms with E-state index in [2.05, 4.69) is 0 Å². The fourth-order valence-electron chi connectivity index (χ4n) is 5.49. The van der Waals surface area contributed by atoms with Crippen LogP contribution in [0.15, 0.2) is 0 Å². The summed E-state index contributed by atoms with van der Waals surface area (Å²) in [5, 5.41) is 132. The topological polar surface area (TPSA) is 345 Å². The molecule has 0 spiro atoms. The number of ether oxygens (including phenoxy) is 7. The Labute approximate surface area is 253 Å². The van der Waals surface area contributed by atoms with Gasteiger partial charge in [-0.2, -0.15) is 0 Å². The van der Waals surface area contributed by atoms with E-state index in [1.807, 2.05) is 0 Å². The maximum Gasteiger partial charge on any atom is 0.335 e. The van der Waals surface area contributed by atoms with E-state index in [1.165, 1.54) is 6.92 Å². The van der Waals surface area contributed by atoms with Crippen molar-refractivity contribution >= 4 is 5.97 Å². The molecule has 4 saturated heterocycles. The monoisotopic (exact) mass is 664 g/mol. The van der Waals surface area contributed by atoms with Gasteiger partial charge in [0.1, 0.15) is 85.5 Å². The van der Waals surface area contributed by atoms with Crippen LogP contribution in [0.3, 0.4) is 0 Å². The first kappa shape index (κ1) is 36.5. The lowest BCUT2D eigenvalue weighted by Gasteiger charge is -2.48. The highest BCUT2D eigenvalue weighted by molar-refractivity contribution is 5.73. The lowest BCUT2D eigenvalue weighted by molar-refractivity contribution is -0.383. The fourth-order valence-corrected chi connectivity index (χ4v) is 5.49. The van der Waals surface area contributed by atoms with Crippen LogP contribution in [0.1, 0.15) is 6.92 Å². The highest BCUT2D eigenvalue weighted by Crippen LogP contribution is 2.34. The molecule has 4 rings (SSSR count). The van der Waals surface area contributed by atoms with Crippen molar-refractivity contribution < 1.29 is 104 Å². The molecule has 0 unspecified atom stereocenters. The number of aliphatic hydroxyl groups excluding tert-OH is 12. The summed E-state index contributed by atoms with van der Waals surface area (Å²) >= 11 is 0. The standard InChI is InChI=1S/C24H40O21/c1-4-16(9(29)12(32)21(38)39-4)42-24-15(35)11(31)18(19(45-24)20(36)37)44-23-14(34)10(30)17(6(3-26)41-23)43-22-13(33)8(28)7(27)5(2-25)40-22/h4-19,21-35,38H,2-3H2,1H3,(H,36,37)/t4-,5+,6+,7-,8-,9-,10+,11+,12-,13+,14+,15+,16+,17+,18-,19-,21+,22-,23+,24+/m0/s1. The molecule has 0 aromatic rings. The Balaban J connectivity index is 1.46. The third-order valence-electron chi connectivity index (χ3n) is 8.13. The van der Waals surface area contributed by atoms with Crippen LogP contribution in [0.2, 0.25) is 0 Å². The summed E-state index contributed by atoms with van der Waals surface area (Å²) in [6, 6.07) is 0. The second kappa shape index (κ2) is 14.9. The molecule has 4 heterocycles. The number of carboxylic acids is 1. The Bertz CT molecular complexity index is 971. The molecule has 45 heavy (non-hydrogen) atoms. The Morgan fingerprint density at radius 2 is 0.978 bits per heavy atom. The molecule has 21 nitrogen and oxygen atoms in total. The number of aliphatic hydroxyl groups is 12. The first-order valence-electron chi connectivity index (χ1n) is 14.0. The van der Waals surface area contributed by atoms with E-state index < -0.39 is 142 Å². The Morgan fingerprint density at radius 3 is 1.53 bits per heavy atom. The number of carboxylic acid groups (broad SMARTS) is 1. The Hall–Kier alpha value is -1.29. The van der Waals surface area contributed by atoms with Crippen LogP contribution >= 0.6 is 0 Å². The smallest absolute Gasteiger partial charge is 0.335 e. The molecular weight excluding hydrogens is 624 g/mol. The lowest BCUT2D eigenvalue weighted by Crippen LogP contribution is -2.67. The van der Waals surface area contributed by atoms with Crippen LogP contribution in [0.4, 0.5) is 0 Å². The predicted octanol–water partition coefficient (Wildman–Crippen LogP) is -8.63. The summed E-state index contributed by atoms with van der Waals surface area (Å²) in [6.07, 6.45) is -36.5. The minimum atomic E-state index is -2.15. The molecule has 4 aliphatic rings. The molecule has 4 aliphatic heterocycles. The zero-order chi connectivity index (χ0) is 33.5. The van der Waals surface area contributed by atoms with Gasteiger partial charge in [-0.1, -0.05) is 0 Å². The van der Waals surface area contributed by atoms with Gasteiger partial charge in [0.05, 0.1) is 19.3 Å². The Morgan fingerprint density at radius 1 is 0.533 bits per heavy atom. The summed E-state index contributed by atoms with van der Waals surface area (Å²) in [5.74, 6) is -1.77. The second-order valence-corrected chi connectivity index (χ2v) is 11.2. The molecule has 13 N–H and O–H groups in total. The van der Waals surface area contributed by atoms with Gasteiger partial charge in [-0.25, -0.2) is 4.79 Å². The summed E-state index contributed by atoms with van der Waals surface area (Å²) in [4.78, 5) is 12.1. The Kier molecular flexibility index (Phi) is 12.1. The van der Waals surface area contributed by atoms with Gasteiger partial charge < -0.3 is 99.5 Å². The largest absolute Gasteiger partial charge is 0.479 e. The highest BCUT2D eigenvalue weighted by atomic mass is 16.8. The van der Waals surface area contributed by atoms with Crippen molar-refractivity contribution in [2.75, 3.05) is 13.2 Å². The maximum atomic E-state index is 12.1. The van der Waals surface area contributed by atoms with Gasteiger partial charge in [0, 0.05) is 0 Å². The van der Waals surface area contributed by atoms with Crippen LogP contribution in [0, 0.1) is 0 Å². The summed E-state index contributed by atoms with van der Waals surface area (Å²) in [6.45, 7) is -0.417. The molecule has 0 aromatic carbocycles. The van der Waals surface area contributed by atoms with E-state index in [0.717, 1.165) is 0 Å². The van der Waals surface area contributed by atoms with Gasteiger partial charge in [-0.15, -0.1) is 0 Å². The maximum absolute atomic E-state index is 12.1. The molecule has 21 heteroatoms. The number of aliphatic carboxylic acids is 1. The van der Waals surface area contributed by atoms with Gasteiger partial charge in [0.2, 0.25) is 0 Å². The minimum absolute atomic E-state index is 0.802. The third-order valence-corrected chi connectivity index (χ3v) is 8.13. The molecule has 0 aliphatic carbocycles. The number of hydrogen-bond donors (Lipinski definition) is 13. The molecule has 0 amide bonds. The van der Waals surface area contributed by atoms with Gasteiger partial charge in [0.25, 0.3) is 0 Å². The fraction of sp³-hybridized carbons (Fsp3) is 0.958. The van der Waals surface area contributed by atoms with Crippen molar-refractivity contribution in [2.45, 2.75) is 130 Å². The zero-order valence-corrected chi connectivity index (χ0v) is 23.5. The van der Waals surface area contributed by atoms with E-state index >= 15 is 0 Å². The van der Waals surface area contributed by atoms with Crippen LogP contribution in [0.25, 0.3) is 0 Å². The molecule has 262 valence electrons. The molecule has 0 saturated carbocycles. The van der Waals surface area contributed by atoms with Crippen molar-refractivity contribution in [3.63, 3.8) is 0 Å². The van der Waals surface area contributed by atoms with Crippen LogP contribution in [0.5, 0.6) is 0 Å². The quantitative estimate of drug-likeness (QED) is 0.109. The van der Waals surface area contributed by atoms with E-state index in [0.29, 0.717) is 0 Å². The molecule has 0 radical (unpaired) electrons. The van der Waals surface area contributed by atoms with Gasteiger partial charge in [-0.3, -0.25) is 0 Å². The van der Waals surface area contributed by atoms with E-state index in [-0.39, 0.29) is 0 Å². The van der Waals surface area contributed by atoms with E-state index in [9.17, 15) is 71.2 Å².